The van der Waals surface area contributed by atoms with Crippen LogP contribution in [-0.2, 0) is 11.3 Å². The fourth-order valence-electron chi connectivity index (χ4n) is 2.73. The van der Waals surface area contributed by atoms with Crippen LogP contribution in [0.4, 0.5) is 13.2 Å². The van der Waals surface area contributed by atoms with Gasteiger partial charge in [0.05, 0.1) is 27.0 Å². The van der Waals surface area contributed by atoms with Crippen molar-refractivity contribution in [3.05, 3.63) is 28.9 Å². The molecule has 3 heterocycles. The highest BCUT2D eigenvalue weighted by molar-refractivity contribution is 8.01. The van der Waals surface area contributed by atoms with Crippen LogP contribution in [0.2, 0.25) is 0 Å². The van der Waals surface area contributed by atoms with Crippen molar-refractivity contribution in [2.45, 2.75) is 42.7 Å². The Morgan fingerprint density at radius 3 is 2.47 bits per heavy atom. The Morgan fingerprint density at radius 2 is 1.97 bits per heavy atom. The van der Waals surface area contributed by atoms with Crippen molar-refractivity contribution in [1.29, 1.82) is 0 Å². The molecule has 1 saturated heterocycles. The highest BCUT2D eigenvalue weighted by atomic mass is 32.2. The lowest BCUT2D eigenvalue weighted by atomic mass is 10.1. The molecule has 1 aliphatic rings. The molecule has 166 valence electrons. The third-order valence-corrected chi connectivity index (χ3v) is 6.39. The predicted molar refractivity (Wildman–Crippen MR) is 106 cm³/mol. The van der Waals surface area contributed by atoms with E-state index in [1.807, 2.05) is 27.9 Å². The number of alkyl halides is 3. The predicted octanol–water partition coefficient (Wildman–Crippen LogP) is 3.02. The third-order valence-electron chi connectivity index (χ3n) is 4.21. The van der Waals surface area contributed by atoms with Crippen LogP contribution in [0.15, 0.2) is 22.5 Å². The van der Waals surface area contributed by atoms with E-state index in [0.29, 0.717) is 12.6 Å². The number of carboxylic acid groups (broad SMARTS) is 1. The first-order valence-electron chi connectivity index (χ1n) is 9.08. The van der Waals surface area contributed by atoms with E-state index in [1.54, 1.807) is 23.1 Å². The fourth-order valence-corrected chi connectivity index (χ4v) is 4.74. The molecule has 1 fully saturated rings. The molecule has 0 aliphatic carbocycles. The van der Waals surface area contributed by atoms with Crippen molar-refractivity contribution in [3.63, 3.8) is 0 Å². The van der Waals surface area contributed by atoms with E-state index in [9.17, 15) is 18.0 Å². The topological polar surface area (TPSA) is 114 Å². The second-order valence-electron chi connectivity index (χ2n) is 6.27. The van der Waals surface area contributed by atoms with Crippen molar-refractivity contribution >= 4 is 35.0 Å². The monoisotopic (exact) mass is 465 g/mol. The van der Waals surface area contributed by atoms with Crippen LogP contribution in [0.5, 0.6) is 0 Å². The fraction of sp³-hybridized carbons (Fsp3) is 0.529. The van der Waals surface area contributed by atoms with Crippen LogP contribution in [0, 0.1) is 0 Å². The van der Waals surface area contributed by atoms with E-state index in [-0.39, 0.29) is 5.91 Å². The summed E-state index contributed by atoms with van der Waals surface area (Å²) in [5.74, 6) is -1.58. The number of nitrogens with zero attached hydrogens (tertiary/aromatic N) is 4. The molecule has 3 N–H and O–H groups in total. The molecule has 0 radical (unpaired) electrons. The number of carboxylic acids is 1. The van der Waals surface area contributed by atoms with E-state index in [0.717, 1.165) is 42.3 Å². The molecule has 2 aromatic rings. The average Bonchev–Trinajstić information content (AvgIpc) is 3.37. The van der Waals surface area contributed by atoms with Crippen LogP contribution in [0.3, 0.4) is 0 Å². The molecule has 13 heteroatoms. The number of hydrogen-bond acceptors (Lipinski definition) is 7. The number of carbonyl (C=O) groups is 2. The number of aromatic nitrogens is 3. The summed E-state index contributed by atoms with van der Waals surface area (Å²) in [5.41, 5.74) is 6.38. The van der Waals surface area contributed by atoms with Crippen LogP contribution in [-0.4, -0.2) is 61.9 Å². The molecule has 0 unspecified atom stereocenters. The second-order valence-corrected chi connectivity index (χ2v) is 8.92. The van der Waals surface area contributed by atoms with Gasteiger partial charge in [0.15, 0.2) is 0 Å². The van der Waals surface area contributed by atoms with Crippen molar-refractivity contribution in [2.24, 2.45) is 5.73 Å². The first-order valence-corrected chi connectivity index (χ1v) is 10.9. The molecule has 0 spiro atoms. The van der Waals surface area contributed by atoms with Crippen LogP contribution in [0.1, 0.15) is 41.2 Å². The molecule has 1 aliphatic heterocycles. The Morgan fingerprint density at radius 1 is 1.33 bits per heavy atom. The summed E-state index contributed by atoms with van der Waals surface area (Å²) in [5, 5.41) is 15.3. The van der Waals surface area contributed by atoms with Gasteiger partial charge in [0, 0.05) is 19.6 Å². The van der Waals surface area contributed by atoms with Gasteiger partial charge in [0.2, 0.25) is 0 Å². The van der Waals surface area contributed by atoms with E-state index >= 15 is 0 Å². The van der Waals surface area contributed by atoms with E-state index in [2.05, 4.69) is 17.2 Å². The van der Waals surface area contributed by atoms with Gasteiger partial charge in [-0.05, 0) is 30.7 Å². The molecule has 0 bridgehead atoms. The summed E-state index contributed by atoms with van der Waals surface area (Å²) in [7, 11) is 0. The SMILES string of the molecule is CCSc1ccc(C(=O)N2CCC(n3cc(CN)nn3)CC2)s1.O=C(O)C(F)(F)F. The minimum Gasteiger partial charge on any atom is -0.475 e. The number of thioether (sulfide) groups is 1. The quantitative estimate of drug-likeness (QED) is 0.653. The molecule has 3 rings (SSSR count). The van der Waals surface area contributed by atoms with E-state index in [4.69, 9.17) is 15.6 Å². The van der Waals surface area contributed by atoms with E-state index < -0.39 is 12.1 Å². The van der Waals surface area contributed by atoms with Gasteiger partial charge in [-0.2, -0.15) is 13.2 Å². The molecule has 2 aromatic heterocycles. The highest BCUT2D eigenvalue weighted by Gasteiger charge is 2.38. The van der Waals surface area contributed by atoms with Gasteiger partial charge >= 0.3 is 12.1 Å². The number of amides is 1. The van der Waals surface area contributed by atoms with Crippen molar-refractivity contribution in [3.8, 4) is 0 Å². The number of hydrogen-bond donors (Lipinski definition) is 2. The van der Waals surface area contributed by atoms with Crippen molar-refractivity contribution in [1.82, 2.24) is 19.9 Å². The summed E-state index contributed by atoms with van der Waals surface area (Å²) in [6.07, 6.45) is -1.36. The molecule has 0 aromatic carbocycles. The van der Waals surface area contributed by atoms with Gasteiger partial charge in [-0.1, -0.05) is 12.1 Å². The first kappa shape index (κ1) is 24.2. The smallest absolute Gasteiger partial charge is 0.475 e. The summed E-state index contributed by atoms with van der Waals surface area (Å²) >= 11 is 3.37. The van der Waals surface area contributed by atoms with Gasteiger partial charge in [-0.3, -0.25) is 4.79 Å². The van der Waals surface area contributed by atoms with Gasteiger partial charge in [0.1, 0.15) is 0 Å². The minimum atomic E-state index is -5.08. The lowest BCUT2D eigenvalue weighted by Crippen LogP contribution is -2.38. The zero-order valence-electron chi connectivity index (χ0n) is 16.1. The molecule has 0 saturated carbocycles. The van der Waals surface area contributed by atoms with Gasteiger partial charge < -0.3 is 15.7 Å². The number of nitrogens with two attached hydrogens (primary N) is 1. The first-order chi connectivity index (χ1) is 14.2. The maximum Gasteiger partial charge on any atom is 0.490 e. The summed E-state index contributed by atoms with van der Waals surface area (Å²) in [6, 6.07) is 4.30. The van der Waals surface area contributed by atoms with Crippen LogP contribution < -0.4 is 5.73 Å². The maximum atomic E-state index is 12.6. The number of carbonyl (C=O) groups excluding carboxylic acids is 1. The Labute approximate surface area is 179 Å². The molecule has 8 nitrogen and oxygen atoms in total. The Balaban J connectivity index is 0.000000396. The zero-order valence-corrected chi connectivity index (χ0v) is 17.8. The van der Waals surface area contributed by atoms with Crippen molar-refractivity contribution < 1.29 is 27.9 Å². The number of rotatable bonds is 5. The minimum absolute atomic E-state index is 0.151. The molecule has 30 heavy (non-hydrogen) atoms. The highest BCUT2D eigenvalue weighted by Crippen LogP contribution is 2.29. The van der Waals surface area contributed by atoms with Crippen LogP contribution in [0.25, 0.3) is 0 Å². The Hall–Kier alpha value is -2.12. The van der Waals surface area contributed by atoms with Crippen LogP contribution >= 0.6 is 23.1 Å². The summed E-state index contributed by atoms with van der Waals surface area (Å²) in [6.45, 7) is 4.05. The molecular formula is C17H22F3N5O3S2. The number of likely N-dealkylation sites (tertiary alicyclic amines) is 1. The number of aliphatic carboxylic acids is 1. The molecule has 1 amide bonds. The van der Waals surface area contributed by atoms with Gasteiger partial charge in [0.25, 0.3) is 5.91 Å². The molecular weight excluding hydrogens is 443 g/mol. The lowest BCUT2D eigenvalue weighted by Gasteiger charge is -2.31. The number of halogens is 3. The Bertz CT molecular complexity index is 848. The van der Waals surface area contributed by atoms with Gasteiger partial charge in [-0.25, -0.2) is 9.48 Å². The van der Waals surface area contributed by atoms with Gasteiger partial charge in [-0.15, -0.1) is 28.2 Å². The van der Waals surface area contributed by atoms with E-state index in [1.165, 1.54) is 4.21 Å². The Kier molecular flexibility index (Phi) is 8.67. The normalized spacial score (nSPS) is 14.9. The number of thiophene rings is 1. The maximum absolute atomic E-state index is 12.6. The number of piperidine rings is 1. The third kappa shape index (κ3) is 6.71. The van der Waals surface area contributed by atoms with Crippen molar-refractivity contribution in [2.75, 3.05) is 18.8 Å². The lowest BCUT2D eigenvalue weighted by molar-refractivity contribution is -0.192. The standard InChI is InChI=1S/C15H21N5OS2.C2HF3O2/c1-2-22-14-4-3-13(23-14)15(21)19-7-5-12(6-8-19)20-10-11(9-16)17-18-20;3-2(4,5)1(6)7/h3-4,10,12H,2,5-9,16H2,1H3;(H,6,7). The zero-order chi connectivity index (χ0) is 22.3. The summed E-state index contributed by atoms with van der Waals surface area (Å²) in [4.78, 5) is 24.3. The average molecular weight is 466 g/mol. The second kappa shape index (κ2) is 10.8. The largest absolute Gasteiger partial charge is 0.490 e. The molecule has 0 atom stereocenters. The summed E-state index contributed by atoms with van der Waals surface area (Å²) < 4.78 is 34.8.